The fraction of sp³-hybridized carbons (Fsp3) is 0.364. The van der Waals surface area contributed by atoms with E-state index in [1.807, 2.05) is 52.0 Å². The fourth-order valence-corrected chi connectivity index (χ4v) is 3.34. The van der Waals surface area contributed by atoms with Gasteiger partial charge in [0, 0.05) is 18.5 Å². The Hall–Kier alpha value is -3.42. The molecular formula is C22H27N5O3. The fourth-order valence-electron chi connectivity index (χ4n) is 3.34. The van der Waals surface area contributed by atoms with Crippen molar-refractivity contribution in [1.82, 2.24) is 19.7 Å². The van der Waals surface area contributed by atoms with Crippen LogP contribution in [0.25, 0.3) is 16.7 Å². The summed E-state index contributed by atoms with van der Waals surface area (Å²) in [5.74, 6) is 0.206. The van der Waals surface area contributed by atoms with Crippen LogP contribution in [0, 0.1) is 13.8 Å². The third-order valence-electron chi connectivity index (χ3n) is 4.99. The summed E-state index contributed by atoms with van der Waals surface area (Å²) in [7, 11) is 0. The van der Waals surface area contributed by atoms with Crippen LogP contribution in [-0.2, 0) is 4.74 Å². The monoisotopic (exact) mass is 409 g/mol. The molecule has 0 aliphatic rings. The molecule has 1 aromatic carbocycles. The first-order chi connectivity index (χ1) is 14.4. The van der Waals surface area contributed by atoms with Gasteiger partial charge in [-0.1, -0.05) is 18.2 Å². The lowest BCUT2D eigenvalue weighted by atomic mass is 10.1. The van der Waals surface area contributed by atoms with Gasteiger partial charge in [-0.2, -0.15) is 9.78 Å². The van der Waals surface area contributed by atoms with E-state index < -0.39 is 5.97 Å². The summed E-state index contributed by atoms with van der Waals surface area (Å²) in [6.45, 7) is 10.8. The molecule has 1 N–H and O–H groups in total. The Balaban J connectivity index is 2.15. The van der Waals surface area contributed by atoms with E-state index >= 15 is 0 Å². The average Bonchev–Trinajstić information content (AvgIpc) is 3.13. The molecule has 0 spiro atoms. The maximum Gasteiger partial charge on any atom is 0.343 e. The molecule has 3 aromatic rings. The lowest BCUT2D eigenvalue weighted by molar-refractivity contribution is 0.0527. The van der Waals surface area contributed by atoms with Gasteiger partial charge in [-0.25, -0.2) is 14.6 Å². The zero-order valence-corrected chi connectivity index (χ0v) is 18.0. The first-order valence-electron chi connectivity index (χ1n) is 10.1. The van der Waals surface area contributed by atoms with Crippen LogP contribution >= 0.6 is 0 Å². The summed E-state index contributed by atoms with van der Waals surface area (Å²) >= 11 is 0. The number of hydrogen-bond acceptors (Lipinski definition) is 5. The number of carbonyl (C=O) groups excluding carboxylic acids is 2. The molecule has 0 unspecified atom stereocenters. The number of amides is 2. The van der Waals surface area contributed by atoms with Crippen molar-refractivity contribution in [2.45, 2.75) is 34.6 Å². The minimum Gasteiger partial charge on any atom is -0.462 e. The Kier molecular flexibility index (Phi) is 6.34. The van der Waals surface area contributed by atoms with Crippen molar-refractivity contribution in [2.75, 3.05) is 25.0 Å². The normalized spacial score (nSPS) is 10.8. The minimum atomic E-state index is -0.549. The molecule has 0 fully saturated rings. The Morgan fingerprint density at radius 1 is 1.13 bits per heavy atom. The number of aromatic nitrogens is 3. The molecule has 2 aromatic heterocycles. The van der Waals surface area contributed by atoms with Gasteiger partial charge in [0.25, 0.3) is 0 Å². The van der Waals surface area contributed by atoms with Crippen molar-refractivity contribution < 1.29 is 14.3 Å². The number of nitrogens with zero attached hydrogens (tertiary/aromatic N) is 4. The molecule has 0 aliphatic carbocycles. The highest BCUT2D eigenvalue weighted by Crippen LogP contribution is 2.26. The van der Waals surface area contributed by atoms with Crippen molar-refractivity contribution in [3.05, 3.63) is 47.2 Å². The number of esters is 1. The second kappa shape index (κ2) is 8.94. The SMILES string of the molecule is CCOC(=O)c1cnn(-c2cc(C)c3cccc(C)c3n2)c1NC(=O)N(CC)CC. The summed E-state index contributed by atoms with van der Waals surface area (Å²) in [5.41, 5.74) is 3.08. The number of aryl methyl sites for hydroxylation is 2. The predicted molar refractivity (Wildman–Crippen MR) is 116 cm³/mol. The molecule has 0 saturated heterocycles. The number of rotatable bonds is 6. The van der Waals surface area contributed by atoms with Gasteiger partial charge < -0.3 is 9.64 Å². The van der Waals surface area contributed by atoms with E-state index in [-0.39, 0.29) is 24.0 Å². The number of para-hydroxylation sites is 1. The molecule has 0 bridgehead atoms. The first-order valence-corrected chi connectivity index (χ1v) is 10.1. The van der Waals surface area contributed by atoms with Crippen LogP contribution in [0.3, 0.4) is 0 Å². The van der Waals surface area contributed by atoms with Crippen LogP contribution in [-0.4, -0.2) is 51.4 Å². The lowest BCUT2D eigenvalue weighted by Crippen LogP contribution is -2.35. The maximum atomic E-state index is 12.7. The van der Waals surface area contributed by atoms with Crippen LogP contribution in [0.1, 0.15) is 42.3 Å². The maximum absolute atomic E-state index is 12.7. The van der Waals surface area contributed by atoms with E-state index in [0.717, 1.165) is 22.0 Å². The predicted octanol–water partition coefficient (Wildman–Crippen LogP) is 4.09. The molecule has 8 nitrogen and oxygen atoms in total. The van der Waals surface area contributed by atoms with Crippen molar-refractivity contribution in [2.24, 2.45) is 0 Å². The van der Waals surface area contributed by atoms with Gasteiger partial charge in [0.2, 0.25) is 0 Å². The number of urea groups is 1. The molecule has 158 valence electrons. The van der Waals surface area contributed by atoms with E-state index in [2.05, 4.69) is 10.4 Å². The zero-order chi connectivity index (χ0) is 21.8. The summed E-state index contributed by atoms with van der Waals surface area (Å²) < 4.78 is 6.63. The molecule has 8 heteroatoms. The third-order valence-corrected chi connectivity index (χ3v) is 4.99. The lowest BCUT2D eigenvalue weighted by Gasteiger charge is -2.20. The number of anilines is 1. The average molecular weight is 409 g/mol. The number of benzene rings is 1. The topological polar surface area (TPSA) is 89.3 Å². The summed E-state index contributed by atoms with van der Waals surface area (Å²) in [4.78, 5) is 31.6. The van der Waals surface area contributed by atoms with Crippen LogP contribution in [0.5, 0.6) is 0 Å². The minimum absolute atomic E-state index is 0.182. The second-order valence-corrected chi connectivity index (χ2v) is 6.91. The number of nitrogens with one attached hydrogen (secondary N) is 1. The van der Waals surface area contributed by atoms with Crippen LogP contribution < -0.4 is 5.32 Å². The molecule has 0 radical (unpaired) electrons. The molecule has 3 rings (SSSR count). The van der Waals surface area contributed by atoms with E-state index in [4.69, 9.17) is 9.72 Å². The summed E-state index contributed by atoms with van der Waals surface area (Å²) in [6, 6.07) is 7.58. The first kappa shape index (κ1) is 21.3. The summed E-state index contributed by atoms with van der Waals surface area (Å²) in [6.07, 6.45) is 1.40. The quantitative estimate of drug-likeness (QED) is 0.620. The van der Waals surface area contributed by atoms with E-state index in [9.17, 15) is 9.59 Å². The Morgan fingerprint density at radius 3 is 2.53 bits per heavy atom. The van der Waals surface area contributed by atoms with Gasteiger partial charge >= 0.3 is 12.0 Å². The Bertz CT molecular complexity index is 1090. The smallest absolute Gasteiger partial charge is 0.343 e. The van der Waals surface area contributed by atoms with Crippen LogP contribution in [0.2, 0.25) is 0 Å². The highest BCUT2D eigenvalue weighted by Gasteiger charge is 2.24. The van der Waals surface area contributed by atoms with Gasteiger partial charge in [-0.05, 0) is 51.8 Å². The van der Waals surface area contributed by atoms with Crippen molar-refractivity contribution >= 4 is 28.7 Å². The number of hydrogen-bond donors (Lipinski definition) is 1. The zero-order valence-electron chi connectivity index (χ0n) is 18.0. The van der Waals surface area contributed by atoms with Crippen LogP contribution in [0.4, 0.5) is 10.6 Å². The number of pyridine rings is 1. The highest BCUT2D eigenvalue weighted by molar-refractivity contribution is 6.00. The molecule has 2 heterocycles. The molecule has 2 amide bonds. The van der Waals surface area contributed by atoms with Crippen molar-refractivity contribution in [3.63, 3.8) is 0 Å². The van der Waals surface area contributed by atoms with Crippen molar-refractivity contribution in [1.29, 1.82) is 0 Å². The van der Waals surface area contributed by atoms with Gasteiger partial charge in [0.15, 0.2) is 11.6 Å². The number of ether oxygens (including phenoxy) is 1. The molecule has 0 atom stereocenters. The van der Waals surface area contributed by atoms with Crippen molar-refractivity contribution in [3.8, 4) is 5.82 Å². The molecule has 0 aliphatic heterocycles. The Morgan fingerprint density at radius 2 is 1.87 bits per heavy atom. The Labute approximate surface area is 175 Å². The molecule has 30 heavy (non-hydrogen) atoms. The summed E-state index contributed by atoms with van der Waals surface area (Å²) in [5, 5.41) is 8.23. The van der Waals surface area contributed by atoms with Gasteiger partial charge in [-0.3, -0.25) is 5.32 Å². The largest absolute Gasteiger partial charge is 0.462 e. The molecular weight excluding hydrogens is 382 g/mol. The van der Waals surface area contributed by atoms with E-state index in [0.29, 0.717) is 18.9 Å². The second-order valence-electron chi connectivity index (χ2n) is 6.91. The third kappa shape index (κ3) is 3.98. The molecule has 0 saturated carbocycles. The van der Waals surface area contributed by atoms with E-state index in [1.54, 1.807) is 11.8 Å². The number of carbonyl (C=O) groups is 2. The standard InChI is InChI=1S/C22H27N5O3/c1-6-26(7-2)22(29)25-20-17(21(28)30-8-3)13-23-27(20)18-12-15(5)16-11-9-10-14(4)19(16)24-18/h9-13H,6-8H2,1-5H3,(H,25,29). The van der Waals surface area contributed by atoms with E-state index in [1.165, 1.54) is 10.9 Å². The van der Waals surface area contributed by atoms with Crippen LogP contribution in [0.15, 0.2) is 30.5 Å². The highest BCUT2D eigenvalue weighted by atomic mass is 16.5. The van der Waals surface area contributed by atoms with Gasteiger partial charge in [0.05, 0.1) is 18.3 Å². The van der Waals surface area contributed by atoms with Gasteiger partial charge in [-0.15, -0.1) is 0 Å². The van der Waals surface area contributed by atoms with Gasteiger partial charge in [0.1, 0.15) is 5.56 Å². The number of fused-ring (bicyclic) bond motifs is 1.